The summed E-state index contributed by atoms with van der Waals surface area (Å²) in [6.45, 7) is 4.17. The van der Waals surface area contributed by atoms with Gasteiger partial charge in [0, 0.05) is 12.8 Å². The molecule has 278 valence electrons. The van der Waals surface area contributed by atoms with Crippen molar-refractivity contribution in [2.24, 2.45) is 0 Å². The molecule has 1 atom stereocenters. The zero-order valence-electron chi connectivity index (χ0n) is 31.3. The van der Waals surface area contributed by atoms with Crippen LogP contribution in [0.2, 0.25) is 0 Å². The number of allylic oxidation sites excluding steroid dienone is 5. The minimum Gasteiger partial charge on any atom is -0.480 e. The number of carboxylic acid groups (broad SMARTS) is 1. The third kappa shape index (κ3) is 36.5. The zero-order chi connectivity index (χ0) is 35.2. The third-order valence-electron chi connectivity index (χ3n) is 8.77. The van der Waals surface area contributed by atoms with Gasteiger partial charge < -0.3 is 15.2 Å². The fourth-order valence-corrected chi connectivity index (χ4v) is 5.75. The molecule has 0 heterocycles. The second kappa shape index (κ2) is 37.4. The molecule has 0 spiro atoms. The van der Waals surface area contributed by atoms with E-state index < -0.39 is 5.97 Å². The second-order valence-electron chi connectivity index (χ2n) is 13.5. The van der Waals surface area contributed by atoms with E-state index in [9.17, 15) is 14.4 Å². The fourth-order valence-electron chi connectivity index (χ4n) is 5.75. The minimum atomic E-state index is -1.03. The van der Waals surface area contributed by atoms with E-state index in [1.54, 1.807) is 0 Å². The number of esters is 1. The molecule has 6 nitrogen and oxygen atoms in total. The number of carbonyl (C=O) groups excluding carboxylic acids is 2. The summed E-state index contributed by atoms with van der Waals surface area (Å²) in [5.41, 5.74) is 0. The average molecular weight is 674 g/mol. The molecule has 0 aliphatic heterocycles. The first-order valence-corrected chi connectivity index (χ1v) is 20.1. The Morgan fingerprint density at radius 3 is 1.58 bits per heavy atom. The molecule has 1 unspecified atom stereocenters. The Morgan fingerprint density at radius 1 is 0.562 bits per heavy atom. The molecule has 0 saturated heterocycles. The number of unbranched alkanes of at least 4 members (excludes halogenated alkanes) is 21. The van der Waals surface area contributed by atoms with Gasteiger partial charge in [0.15, 0.2) is 0 Å². The number of amides is 1. The van der Waals surface area contributed by atoms with Crippen molar-refractivity contribution in [3.63, 3.8) is 0 Å². The van der Waals surface area contributed by atoms with Gasteiger partial charge in [0.1, 0.15) is 12.6 Å². The van der Waals surface area contributed by atoms with Crippen LogP contribution in [0.25, 0.3) is 0 Å². The number of carbonyl (C=O) groups is 3. The monoisotopic (exact) mass is 674 g/mol. The van der Waals surface area contributed by atoms with E-state index in [2.05, 4.69) is 49.5 Å². The van der Waals surface area contributed by atoms with Crippen molar-refractivity contribution in [2.45, 2.75) is 206 Å². The largest absolute Gasteiger partial charge is 0.480 e. The number of carboxylic acids is 1. The van der Waals surface area contributed by atoms with Gasteiger partial charge in [-0.3, -0.25) is 14.4 Å². The van der Waals surface area contributed by atoms with E-state index in [0.717, 1.165) is 57.8 Å². The van der Waals surface area contributed by atoms with Crippen LogP contribution in [0.3, 0.4) is 0 Å². The van der Waals surface area contributed by atoms with Crippen LogP contribution in [0, 0.1) is 0 Å². The summed E-state index contributed by atoms with van der Waals surface area (Å²) in [6.07, 6.45) is 45.7. The van der Waals surface area contributed by atoms with Gasteiger partial charge in [-0.1, -0.05) is 147 Å². The summed E-state index contributed by atoms with van der Waals surface area (Å²) in [5.74, 6) is -1.35. The van der Waals surface area contributed by atoms with Gasteiger partial charge in [-0.2, -0.15) is 0 Å². The van der Waals surface area contributed by atoms with Crippen LogP contribution in [-0.2, 0) is 19.1 Å². The van der Waals surface area contributed by atoms with Crippen LogP contribution in [0.1, 0.15) is 200 Å². The van der Waals surface area contributed by atoms with Crippen molar-refractivity contribution in [3.8, 4) is 0 Å². The van der Waals surface area contributed by atoms with Gasteiger partial charge in [-0.25, -0.2) is 0 Å². The van der Waals surface area contributed by atoms with Crippen LogP contribution in [0.5, 0.6) is 0 Å². The Bertz CT molecular complexity index is 834. The van der Waals surface area contributed by atoms with Crippen molar-refractivity contribution < 1.29 is 24.2 Å². The Morgan fingerprint density at radius 2 is 1.02 bits per heavy atom. The van der Waals surface area contributed by atoms with Gasteiger partial charge in [0.25, 0.3) is 0 Å². The molecule has 0 saturated carbocycles. The highest BCUT2D eigenvalue weighted by Crippen LogP contribution is 2.15. The Labute approximate surface area is 296 Å². The average Bonchev–Trinajstić information content (AvgIpc) is 3.07. The van der Waals surface area contributed by atoms with Crippen molar-refractivity contribution in [3.05, 3.63) is 36.5 Å². The molecule has 0 radical (unpaired) electrons. The Balaban J connectivity index is 4.13. The number of nitrogens with one attached hydrogen (secondary N) is 1. The number of aliphatic carboxylic acids is 1. The second-order valence-corrected chi connectivity index (χ2v) is 13.5. The molecule has 0 aromatic heterocycles. The molecule has 0 aromatic carbocycles. The topological polar surface area (TPSA) is 92.7 Å². The third-order valence-corrected chi connectivity index (χ3v) is 8.77. The molecule has 0 rings (SSSR count). The van der Waals surface area contributed by atoms with E-state index in [1.807, 2.05) is 6.08 Å². The lowest BCUT2D eigenvalue weighted by Gasteiger charge is -2.14. The lowest BCUT2D eigenvalue weighted by Crippen LogP contribution is -2.28. The molecule has 0 aromatic rings. The quantitative estimate of drug-likeness (QED) is 0.0392. The summed E-state index contributed by atoms with van der Waals surface area (Å²) in [7, 11) is 0. The first-order chi connectivity index (χ1) is 23.5. The van der Waals surface area contributed by atoms with Crippen molar-refractivity contribution >= 4 is 17.8 Å². The molecule has 0 bridgehead atoms. The highest BCUT2D eigenvalue weighted by Gasteiger charge is 2.12. The molecular weight excluding hydrogens is 598 g/mol. The van der Waals surface area contributed by atoms with Gasteiger partial charge in [0.2, 0.25) is 5.91 Å². The van der Waals surface area contributed by atoms with Crippen LogP contribution in [0.15, 0.2) is 36.5 Å². The highest BCUT2D eigenvalue weighted by atomic mass is 16.5. The van der Waals surface area contributed by atoms with Gasteiger partial charge >= 0.3 is 11.9 Å². The lowest BCUT2D eigenvalue weighted by atomic mass is 10.1. The van der Waals surface area contributed by atoms with Gasteiger partial charge in [0.05, 0.1) is 0 Å². The number of ether oxygens (including phenoxy) is 1. The zero-order valence-corrected chi connectivity index (χ0v) is 31.3. The Kier molecular flexibility index (Phi) is 35.6. The molecule has 48 heavy (non-hydrogen) atoms. The molecule has 6 heteroatoms. The lowest BCUT2D eigenvalue weighted by molar-refractivity contribution is -0.147. The Hall–Kier alpha value is -2.37. The van der Waals surface area contributed by atoms with Crippen LogP contribution in [0.4, 0.5) is 0 Å². The molecule has 2 N–H and O–H groups in total. The molecular formula is C42H75NO5. The number of hydrogen-bond acceptors (Lipinski definition) is 4. The predicted molar refractivity (Wildman–Crippen MR) is 203 cm³/mol. The van der Waals surface area contributed by atoms with Gasteiger partial charge in [-0.15, -0.1) is 0 Å². The van der Waals surface area contributed by atoms with E-state index in [-0.39, 0.29) is 24.5 Å². The number of hydrogen-bond donors (Lipinski definition) is 2. The molecule has 0 fully saturated rings. The molecule has 1 amide bonds. The molecule has 0 aliphatic carbocycles. The molecule has 0 aliphatic rings. The van der Waals surface area contributed by atoms with Crippen LogP contribution < -0.4 is 5.32 Å². The van der Waals surface area contributed by atoms with Crippen molar-refractivity contribution in [1.29, 1.82) is 0 Å². The SMILES string of the molecule is CCCCCC/C=C\C/C=C\C(CCCCCCC(=O)NCC(=O)O)OC(=O)CCCCCCCCC/C=C\CCCCCCCCC. The highest BCUT2D eigenvalue weighted by molar-refractivity contribution is 5.80. The van der Waals surface area contributed by atoms with E-state index in [0.29, 0.717) is 12.8 Å². The van der Waals surface area contributed by atoms with Crippen molar-refractivity contribution in [2.75, 3.05) is 6.54 Å². The minimum absolute atomic E-state index is 0.102. The van der Waals surface area contributed by atoms with Crippen LogP contribution >= 0.6 is 0 Å². The maximum Gasteiger partial charge on any atom is 0.322 e. The smallest absolute Gasteiger partial charge is 0.322 e. The maximum absolute atomic E-state index is 12.6. The first kappa shape index (κ1) is 45.6. The van der Waals surface area contributed by atoms with Crippen LogP contribution in [-0.4, -0.2) is 35.6 Å². The summed E-state index contributed by atoms with van der Waals surface area (Å²) in [5, 5.41) is 11.1. The summed E-state index contributed by atoms with van der Waals surface area (Å²) >= 11 is 0. The van der Waals surface area contributed by atoms with Crippen molar-refractivity contribution in [1.82, 2.24) is 5.32 Å². The van der Waals surface area contributed by atoms with E-state index in [4.69, 9.17) is 9.84 Å². The standard InChI is InChI=1S/C42H75NO5/c1-3-5-7-9-11-13-14-15-16-17-18-19-20-21-23-25-27-33-37-42(47)48-39(34-30-26-24-22-12-10-8-6-4-2)35-31-28-29-32-36-40(44)43-38-41(45)46/h16-17,22,24,30,34,39H,3-15,18-21,23,25-29,31-33,35-38H2,1-2H3,(H,43,44)(H,45,46)/b17-16-,24-22-,34-30-. The summed E-state index contributed by atoms with van der Waals surface area (Å²) in [6, 6.07) is 0. The predicted octanol–water partition coefficient (Wildman–Crippen LogP) is 12.1. The maximum atomic E-state index is 12.6. The first-order valence-electron chi connectivity index (χ1n) is 20.1. The van der Waals surface area contributed by atoms with E-state index >= 15 is 0 Å². The fraction of sp³-hybridized carbons (Fsp3) is 0.786. The summed E-state index contributed by atoms with van der Waals surface area (Å²) < 4.78 is 5.88. The van der Waals surface area contributed by atoms with E-state index in [1.165, 1.54) is 116 Å². The number of rotatable bonds is 36. The van der Waals surface area contributed by atoms with Gasteiger partial charge in [-0.05, 0) is 76.7 Å². The normalized spacial score (nSPS) is 12.4. The summed E-state index contributed by atoms with van der Waals surface area (Å²) in [4.78, 5) is 34.9.